The standard InChI is InChI=1S/C14H26N2OS/c17-14(16-12-6-2-1-3-7-12)11-15-10-13-8-4-5-9-18-13/h12-13,15H,1-11H2,(H,16,17). The van der Waals surface area contributed by atoms with Crippen LogP contribution in [0, 0.1) is 0 Å². The van der Waals surface area contributed by atoms with Crippen molar-refractivity contribution >= 4 is 17.7 Å². The number of rotatable bonds is 5. The van der Waals surface area contributed by atoms with Gasteiger partial charge in [-0.25, -0.2) is 0 Å². The molecule has 0 spiro atoms. The molecule has 1 aliphatic carbocycles. The van der Waals surface area contributed by atoms with E-state index in [1.54, 1.807) is 0 Å². The summed E-state index contributed by atoms with van der Waals surface area (Å²) < 4.78 is 0. The van der Waals surface area contributed by atoms with E-state index in [4.69, 9.17) is 0 Å². The van der Waals surface area contributed by atoms with Gasteiger partial charge in [0.2, 0.25) is 5.91 Å². The van der Waals surface area contributed by atoms with Crippen LogP contribution in [-0.2, 0) is 4.79 Å². The van der Waals surface area contributed by atoms with Gasteiger partial charge in [0.05, 0.1) is 6.54 Å². The third-order valence-electron chi connectivity index (χ3n) is 3.90. The fourth-order valence-corrected chi connectivity index (χ4v) is 4.11. The highest BCUT2D eigenvalue weighted by atomic mass is 32.2. The Labute approximate surface area is 115 Å². The molecule has 1 amide bonds. The average Bonchev–Trinajstić information content (AvgIpc) is 2.41. The van der Waals surface area contributed by atoms with E-state index in [2.05, 4.69) is 22.4 Å². The van der Waals surface area contributed by atoms with Crippen LogP contribution in [0.4, 0.5) is 0 Å². The van der Waals surface area contributed by atoms with Crippen molar-refractivity contribution in [1.82, 2.24) is 10.6 Å². The van der Waals surface area contributed by atoms with Crippen molar-refractivity contribution in [3.63, 3.8) is 0 Å². The Morgan fingerprint density at radius 1 is 1.06 bits per heavy atom. The average molecular weight is 270 g/mol. The fourth-order valence-electron chi connectivity index (χ4n) is 2.84. The van der Waals surface area contributed by atoms with E-state index in [1.165, 1.54) is 57.1 Å². The third-order valence-corrected chi connectivity index (χ3v) is 5.30. The van der Waals surface area contributed by atoms with Crippen molar-refractivity contribution in [2.75, 3.05) is 18.8 Å². The second-order valence-electron chi connectivity index (χ2n) is 5.52. The van der Waals surface area contributed by atoms with Crippen LogP contribution in [0.2, 0.25) is 0 Å². The molecule has 1 saturated carbocycles. The summed E-state index contributed by atoms with van der Waals surface area (Å²) in [7, 11) is 0. The van der Waals surface area contributed by atoms with Gasteiger partial charge in [0.25, 0.3) is 0 Å². The first-order chi connectivity index (χ1) is 8.84. The molecule has 0 aromatic carbocycles. The molecule has 0 bridgehead atoms. The molecule has 1 aliphatic heterocycles. The Morgan fingerprint density at radius 2 is 1.83 bits per heavy atom. The summed E-state index contributed by atoms with van der Waals surface area (Å²) in [5.41, 5.74) is 0. The van der Waals surface area contributed by atoms with Crippen LogP contribution in [0.1, 0.15) is 51.4 Å². The molecule has 104 valence electrons. The van der Waals surface area contributed by atoms with E-state index >= 15 is 0 Å². The maximum absolute atomic E-state index is 11.8. The van der Waals surface area contributed by atoms with E-state index in [1.807, 2.05) is 0 Å². The highest BCUT2D eigenvalue weighted by molar-refractivity contribution is 7.99. The van der Waals surface area contributed by atoms with E-state index in [0.717, 1.165) is 11.8 Å². The lowest BCUT2D eigenvalue weighted by Crippen LogP contribution is -2.42. The van der Waals surface area contributed by atoms with Gasteiger partial charge in [-0.05, 0) is 31.4 Å². The molecule has 2 fully saturated rings. The van der Waals surface area contributed by atoms with Gasteiger partial charge in [0, 0.05) is 17.8 Å². The maximum atomic E-state index is 11.8. The van der Waals surface area contributed by atoms with E-state index in [0.29, 0.717) is 12.6 Å². The number of carbonyl (C=O) groups is 1. The number of hydrogen-bond donors (Lipinski definition) is 2. The van der Waals surface area contributed by atoms with Crippen molar-refractivity contribution in [2.45, 2.75) is 62.7 Å². The summed E-state index contributed by atoms with van der Waals surface area (Å²) in [5.74, 6) is 1.48. The zero-order valence-electron chi connectivity index (χ0n) is 11.2. The number of thioether (sulfide) groups is 1. The Balaban J connectivity index is 1.53. The van der Waals surface area contributed by atoms with Gasteiger partial charge in [0.15, 0.2) is 0 Å². The zero-order valence-corrected chi connectivity index (χ0v) is 12.1. The predicted octanol–water partition coefficient (Wildman–Crippen LogP) is 2.31. The molecular formula is C14H26N2OS. The summed E-state index contributed by atoms with van der Waals surface area (Å²) in [5, 5.41) is 7.18. The second kappa shape index (κ2) is 8.05. The van der Waals surface area contributed by atoms with Gasteiger partial charge in [0.1, 0.15) is 0 Å². The molecule has 1 saturated heterocycles. The first kappa shape index (κ1) is 14.2. The smallest absolute Gasteiger partial charge is 0.234 e. The van der Waals surface area contributed by atoms with Crippen LogP contribution < -0.4 is 10.6 Å². The van der Waals surface area contributed by atoms with Crippen LogP contribution in [0.15, 0.2) is 0 Å². The van der Waals surface area contributed by atoms with Crippen LogP contribution in [0.25, 0.3) is 0 Å². The van der Waals surface area contributed by atoms with Gasteiger partial charge in [-0.3, -0.25) is 4.79 Å². The Bertz CT molecular complexity index is 248. The molecule has 2 N–H and O–H groups in total. The first-order valence-corrected chi connectivity index (χ1v) is 8.51. The topological polar surface area (TPSA) is 41.1 Å². The lowest BCUT2D eigenvalue weighted by atomic mass is 9.95. The molecule has 2 rings (SSSR count). The molecule has 3 nitrogen and oxygen atoms in total. The van der Waals surface area contributed by atoms with E-state index in [-0.39, 0.29) is 5.91 Å². The first-order valence-electron chi connectivity index (χ1n) is 7.46. The van der Waals surface area contributed by atoms with Crippen molar-refractivity contribution in [1.29, 1.82) is 0 Å². The Morgan fingerprint density at radius 3 is 2.56 bits per heavy atom. The minimum atomic E-state index is 0.183. The lowest BCUT2D eigenvalue weighted by Gasteiger charge is -2.24. The molecule has 0 radical (unpaired) electrons. The zero-order chi connectivity index (χ0) is 12.6. The monoisotopic (exact) mass is 270 g/mol. The number of amides is 1. The SMILES string of the molecule is O=C(CNCC1CCCCS1)NC1CCCCC1. The van der Waals surface area contributed by atoms with Gasteiger partial charge in [-0.2, -0.15) is 11.8 Å². The molecular weight excluding hydrogens is 244 g/mol. The minimum Gasteiger partial charge on any atom is -0.352 e. The van der Waals surface area contributed by atoms with Crippen molar-refractivity contribution < 1.29 is 4.79 Å². The fraction of sp³-hybridized carbons (Fsp3) is 0.929. The molecule has 4 heteroatoms. The number of hydrogen-bond acceptors (Lipinski definition) is 3. The summed E-state index contributed by atoms with van der Waals surface area (Å²) in [6.45, 7) is 1.48. The van der Waals surface area contributed by atoms with Crippen molar-refractivity contribution in [3.8, 4) is 0 Å². The summed E-state index contributed by atoms with van der Waals surface area (Å²) in [6, 6.07) is 0.442. The van der Waals surface area contributed by atoms with E-state index < -0.39 is 0 Å². The Hall–Kier alpha value is -0.220. The van der Waals surface area contributed by atoms with Gasteiger partial charge in [-0.15, -0.1) is 0 Å². The quantitative estimate of drug-likeness (QED) is 0.805. The highest BCUT2D eigenvalue weighted by Crippen LogP contribution is 2.24. The maximum Gasteiger partial charge on any atom is 0.234 e. The van der Waals surface area contributed by atoms with Gasteiger partial charge >= 0.3 is 0 Å². The van der Waals surface area contributed by atoms with Crippen molar-refractivity contribution in [3.05, 3.63) is 0 Å². The normalized spacial score (nSPS) is 25.9. The molecule has 2 aliphatic rings. The van der Waals surface area contributed by atoms with Gasteiger partial charge in [-0.1, -0.05) is 25.7 Å². The lowest BCUT2D eigenvalue weighted by molar-refractivity contribution is -0.121. The van der Waals surface area contributed by atoms with Crippen LogP contribution in [0.3, 0.4) is 0 Å². The van der Waals surface area contributed by atoms with E-state index in [9.17, 15) is 4.79 Å². The van der Waals surface area contributed by atoms with Crippen molar-refractivity contribution in [2.24, 2.45) is 0 Å². The number of nitrogens with one attached hydrogen (secondary N) is 2. The summed E-state index contributed by atoms with van der Waals surface area (Å²) in [4.78, 5) is 11.8. The van der Waals surface area contributed by atoms with Crippen LogP contribution in [0.5, 0.6) is 0 Å². The predicted molar refractivity (Wildman–Crippen MR) is 78.0 cm³/mol. The third kappa shape index (κ3) is 5.19. The minimum absolute atomic E-state index is 0.183. The van der Waals surface area contributed by atoms with Crippen LogP contribution >= 0.6 is 11.8 Å². The molecule has 0 aromatic rings. The molecule has 1 atom stereocenters. The molecule has 18 heavy (non-hydrogen) atoms. The van der Waals surface area contributed by atoms with Gasteiger partial charge < -0.3 is 10.6 Å². The second-order valence-corrected chi connectivity index (χ2v) is 6.93. The number of carbonyl (C=O) groups excluding carboxylic acids is 1. The molecule has 1 heterocycles. The van der Waals surface area contributed by atoms with Crippen LogP contribution in [-0.4, -0.2) is 36.0 Å². The summed E-state index contributed by atoms with van der Waals surface area (Å²) in [6.07, 6.45) is 10.3. The summed E-state index contributed by atoms with van der Waals surface area (Å²) >= 11 is 2.06. The molecule has 1 unspecified atom stereocenters. The Kier molecular flexibility index (Phi) is 6.35. The highest BCUT2D eigenvalue weighted by Gasteiger charge is 2.16. The molecule has 0 aromatic heterocycles. The largest absolute Gasteiger partial charge is 0.352 e.